The molecular weight excluding hydrogens is 227 g/mol. The summed E-state index contributed by atoms with van der Waals surface area (Å²) < 4.78 is 18.1. The van der Waals surface area contributed by atoms with E-state index in [4.69, 9.17) is 9.84 Å². The summed E-state index contributed by atoms with van der Waals surface area (Å²) >= 11 is 0. The van der Waals surface area contributed by atoms with E-state index < -0.39 is 17.9 Å². The molecule has 0 radical (unpaired) electrons. The number of halogens is 1. The molecule has 1 rings (SSSR count). The second-order valence-corrected chi connectivity index (χ2v) is 3.52. The minimum absolute atomic E-state index is 0.0700. The van der Waals surface area contributed by atoms with Crippen LogP contribution < -0.4 is 4.74 Å². The first-order valence-electron chi connectivity index (χ1n) is 5.18. The summed E-state index contributed by atoms with van der Waals surface area (Å²) in [5.41, 5.74) is 0.0700. The molecular formula is C12H13FO4. The molecule has 0 aliphatic heterocycles. The van der Waals surface area contributed by atoms with Gasteiger partial charge >= 0.3 is 5.97 Å². The van der Waals surface area contributed by atoms with Gasteiger partial charge in [-0.2, -0.15) is 0 Å². The molecule has 0 aromatic heterocycles. The van der Waals surface area contributed by atoms with Crippen LogP contribution in [0.5, 0.6) is 5.75 Å². The van der Waals surface area contributed by atoms with Gasteiger partial charge in [-0.25, -0.2) is 9.18 Å². The van der Waals surface area contributed by atoms with Crippen molar-refractivity contribution in [2.75, 3.05) is 0 Å². The van der Waals surface area contributed by atoms with Gasteiger partial charge in [0.1, 0.15) is 11.6 Å². The van der Waals surface area contributed by atoms with E-state index in [-0.39, 0.29) is 23.5 Å². The zero-order valence-electron chi connectivity index (χ0n) is 9.57. The molecule has 92 valence electrons. The largest absolute Gasteiger partial charge is 0.479 e. The van der Waals surface area contributed by atoms with Gasteiger partial charge in [-0.3, -0.25) is 4.79 Å². The number of ketones is 1. The summed E-state index contributed by atoms with van der Waals surface area (Å²) in [6.07, 6.45) is -0.898. The number of carbonyl (C=O) groups is 2. The van der Waals surface area contributed by atoms with Gasteiger partial charge in [0.15, 0.2) is 11.9 Å². The van der Waals surface area contributed by atoms with Gasteiger partial charge in [-0.1, -0.05) is 6.92 Å². The van der Waals surface area contributed by atoms with Crippen LogP contribution >= 0.6 is 0 Å². The number of ether oxygens (including phenoxy) is 1. The van der Waals surface area contributed by atoms with E-state index in [0.29, 0.717) is 0 Å². The first-order chi connectivity index (χ1) is 7.95. The SMILES string of the molecule is CCC(=O)c1cc(F)ccc1OC(C)C(=O)O. The molecule has 1 aromatic carbocycles. The normalized spacial score (nSPS) is 11.9. The first-order valence-corrected chi connectivity index (χ1v) is 5.18. The average molecular weight is 240 g/mol. The minimum Gasteiger partial charge on any atom is -0.479 e. The Morgan fingerprint density at radius 2 is 2.12 bits per heavy atom. The Labute approximate surface area is 98.0 Å². The topological polar surface area (TPSA) is 63.6 Å². The fraction of sp³-hybridized carbons (Fsp3) is 0.333. The number of carbonyl (C=O) groups excluding carboxylic acids is 1. The fourth-order valence-corrected chi connectivity index (χ4v) is 1.25. The van der Waals surface area contributed by atoms with Crippen LogP contribution in [0.2, 0.25) is 0 Å². The van der Waals surface area contributed by atoms with Crippen LogP contribution in [0.3, 0.4) is 0 Å². The zero-order valence-corrected chi connectivity index (χ0v) is 9.57. The zero-order chi connectivity index (χ0) is 13.0. The molecule has 0 aliphatic carbocycles. The molecule has 0 saturated heterocycles. The van der Waals surface area contributed by atoms with Crippen molar-refractivity contribution in [2.24, 2.45) is 0 Å². The molecule has 0 heterocycles. The standard InChI is InChI=1S/C12H13FO4/c1-3-10(14)9-6-8(13)4-5-11(9)17-7(2)12(15)16/h4-7H,3H2,1-2H3,(H,15,16). The lowest BCUT2D eigenvalue weighted by Gasteiger charge is -2.13. The summed E-state index contributed by atoms with van der Waals surface area (Å²) in [5.74, 6) is -1.91. The Bertz CT molecular complexity index is 442. The Balaban J connectivity index is 3.06. The second kappa shape index (κ2) is 5.43. The predicted molar refractivity (Wildman–Crippen MR) is 58.7 cm³/mol. The molecule has 1 aromatic rings. The first kappa shape index (κ1) is 13.2. The third-order valence-corrected chi connectivity index (χ3v) is 2.21. The Morgan fingerprint density at radius 3 is 2.65 bits per heavy atom. The molecule has 0 aliphatic rings. The van der Waals surface area contributed by atoms with E-state index in [2.05, 4.69) is 0 Å². The summed E-state index contributed by atoms with van der Waals surface area (Å²) in [4.78, 5) is 22.2. The van der Waals surface area contributed by atoms with Crippen LogP contribution in [0.4, 0.5) is 4.39 Å². The van der Waals surface area contributed by atoms with Crippen LogP contribution in [-0.2, 0) is 4.79 Å². The third-order valence-electron chi connectivity index (χ3n) is 2.21. The van der Waals surface area contributed by atoms with Crippen molar-refractivity contribution < 1.29 is 23.8 Å². The highest BCUT2D eigenvalue weighted by Gasteiger charge is 2.18. The average Bonchev–Trinajstić information content (AvgIpc) is 2.30. The number of hydrogen-bond acceptors (Lipinski definition) is 3. The molecule has 0 spiro atoms. The summed E-state index contributed by atoms with van der Waals surface area (Å²) in [6.45, 7) is 2.98. The van der Waals surface area contributed by atoms with Crippen molar-refractivity contribution in [1.29, 1.82) is 0 Å². The van der Waals surface area contributed by atoms with Crippen molar-refractivity contribution >= 4 is 11.8 Å². The van der Waals surface area contributed by atoms with Crippen molar-refractivity contribution in [1.82, 2.24) is 0 Å². The molecule has 17 heavy (non-hydrogen) atoms. The number of Topliss-reactive ketones (excluding diaryl/α,β-unsaturated/α-hetero) is 1. The molecule has 0 bridgehead atoms. The number of carboxylic acid groups (broad SMARTS) is 1. The highest BCUT2D eigenvalue weighted by Crippen LogP contribution is 2.22. The Morgan fingerprint density at radius 1 is 1.47 bits per heavy atom. The molecule has 1 atom stereocenters. The van der Waals surface area contributed by atoms with Crippen LogP contribution in [0, 0.1) is 5.82 Å². The highest BCUT2D eigenvalue weighted by atomic mass is 19.1. The van der Waals surface area contributed by atoms with Crippen molar-refractivity contribution in [3.63, 3.8) is 0 Å². The van der Waals surface area contributed by atoms with Gasteiger partial charge in [-0.15, -0.1) is 0 Å². The summed E-state index contributed by atoms with van der Waals surface area (Å²) in [5, 5.41) is 8.70. The smallest absolute Gasteiger partial charge is 0.344 e. The van der Waals surface area contributed by atoms with E-state index in [0.717, 1.165) is 12.1 Å². The van der Waals surface area contributed by atoms with Crippen LogP contribution in [0.15, 0.2) is 18.2 Å². The summed E-state index contributed by atoms with van der Waals surface area (Å²) in [6, 6.07) is 3.43. The van der Waals surface area contributed by atoms with Gasteiger partial charge in [0.25, 0.3) is 0 Å². The van der Waals surface area contributed by atoms with Crippen molar-refractivity contribution in [3.05, 3.63) is 29.6 Å². The molecule has 5 heteroatoms. The van der Waals surface area contributed by atoms with E-state index in [1.165, 1.54) is 13.0 Å². The number of rotatable bonds is 5. The molecule has 0 saturated carbocycles. The number of benzene rings is 1. The maximum atomic E-state index is 13.0. The van der Waals surface area contributed by atoms with E-state index in [9.17, 15) is 14.0 Å². The maximum Gasteiger partial charge on any atom is 0.344 e. The van der Waals surface area contributed by atoms with Gasteiger partial charge < -0.3 is 9.84 Å². The maximum absolute atomic E-state index is 13.0. The van der Waals surface area contributed by atoms with Crippen molar-refractivity contribution in [2.45, 2.75) is 26.4 Å². The minimum atomic E-state index is -1.15. The van der Waals surface area contributed by atoms with Crippen LogP contribution in [0.1, 0.15) is 30.6 Å². The van der Waals surface area contributed by atoms with Gasteiger partial charge in [0, 0.05) is 6.42 Å². The molecule has 4 nitrogen and oxygen atoms in total. The van der Waals surface area contributed by atoms with E-state index in [1.54, 1.807) is 6.92 Å². The lowest BCUT2D eigenvalue weighted by Crippen LogP contribution is -2.23. The molecule has 1 unspecified atom stereocenters. The van der Waals surface area contributed by atoms with Gasteiger partial charge in [-0.05, 0) is 25.1 Å². The lowest BCUT2D eigenvalue weighted by molar-refractivity contribution is -0.144. The number of hydrogen-bond donors (Lipinski definition) is 1. The number of aliphatic carboxylic acids is 1. The Kier molecular flexibility index (Phi) is 4.20. The predicted octanol–water partition coefficient (Wildman–Crippen LogP) is 2.27. The molecule has 1 N–H and O–H groups in total. The number of carboxylic acids is 1. The third kappa shape index (κ3) is 3.27. The van der Waals surface area contributed by atoms with E-state index in [1.807, 2.05) is 0 Å². The Hall–Kier alpha value is -1.91. The quantitative estimate of drug-likeness (QED) is 0.802. The highest BCUT2D eigenvalue weighted by molar-refractivity contribution is 5.98. The molecule has 0 fully saturated rings. The lowest BCUT2D eigenvalue weighted by atomic mass is 10.1. The van der Waals surface area contributed by atoms with Gasteiger partial charge in [0.2, 0.25) is 0 Å². The fourth-order valence-electron chi connectivity index (χ4n) is 1.25. The summed E-state index contributed by atoms with van der Waals surface area (Å²) in [7, 11) is 0. The monoisotopic (exact) mass is 240 g/mol. The van der Waals surface area contributed by atoms with Crippen LogP contribution in [0.25, 0.3) is 0 Å². The second-order valence-electron chi connectivity index (χ2n) is 3.52. The van der Waals surface area contributed by atoms with Crippen molar-refractivity contribution in [3.8, 4) is 5.75 Å². The van der Waals surface area contributed by atoms with Crippen LogP contribution in [-0.4, -0.2) is 23.0 Å². The van der Waals surface area contributed by atoms with E-state index >= 15 is 0 Å². The molecule has 0 amide bonds. The van der Waals surface area contributed by atoms with Gasteiger partial charge in [0.05, 0.1) is 5.56 Å².